The molecule has 0 bridgehead atoms. The molecule has 40 heavy (non-hydrogen) atoms. The maximum Gasteiger partial charge on any atom is 0.317 e. The van der Waals surface area contributed by atoms with Gasteiger partial charge in [0.1, 0.15) is 6.61 Å². The minimum absolute atomic E-state index is 0.252. The van der Waals surface area contributed by atoms with E-state index in [4.69, 9.17) is 4.74 Å². The van der Waals surface area contributed by atoms with Crippen LogP contribution in [-0.2, 0) is 18.4 Å². The summed E-state index contributed by atoms with van der Waals surface area (Å²) in [6, 6.07) is 16.4. The Labute approximate surface area is 235 Å². The molecule has 0 unspecified atom stereocenters. The zero-order chi connectivity index (χ0) is 28.1. The van der Waals surface area contributed by atoms with Crippen molar-refractivity contribution < 1.29 is 9.53 Å². The fraction of sp³-hybridized carbons (Fsp3) is 0.323. The molecular formula is C31H37N7O2. The van der Waals surface area contributed by atoms with Crippen LogP contribution in [0.1, 0.15) is 5.56 Å². The van der Waals surface area contributed by atoms with Crippen LogP contribution in [0.2, 0.25) is 0 Å². The van der Waals surface area contributed by atoms with Crippen LogP contribution in [0.3, 0.4) is 0 Å². The van der Waals surface area contributed by atoms with Gasteiger partial charge in [-0.3, -0.25) is 9.69 Å². The Balaban J connectivity index is 1.29. The number of anilines is 2. The number of likely N-dealkylation sites (N-methyl/N-ethyl adjacent to an activating group) is 2. The van der Waals surface area contributed by atoms with Gasteiger partial charge < -0.3 is 24.4 Å². The third-order valence-corrected chi connectivity index (χ3v) is 7.44. The van der Waals surface area contributed by atoms with Crippen LogP contribution in [0.15, 0.2) is 73.6 Å². The lowest BCUT2D eigenvalue weighted by molar-refractivity contribution is -0.111. The topological polar surface area (TPSA) is 78.8 Å². The molecule has 4 aromatic rings. The highest BCUT2D eigenvalue weighted by Crippen LogP contribution is 2.30. The predicted molar refractivity (Wildman–Crippen MR) is 161 cm³/mol. The number of nitrogens with zero attached hydrogens (tertiary/aromatic N) is 6. The molecule has 5 rings (SSSR count). The summed E-state index contributed by atoms with van der Waals surface area (Å²) >= 11 is 0. The van der Waals surface area contributed by atoms with Gasteiger partial charge >= 0.3 is 6.01 Å². The fourth-order valence-electron chi connectivity index (χ4n) is 5.03. The molecule has 0 aliphatic carbocycles. The minimum Gasteiger partial charge on any atom is -0.459 e. The highest BCUT2D eigenvalue weighted by Gasteiger charge is 2.16. The van der Waals surface area contributed by atoms with Gasteiger partial charge in [0.15, 0.2) is 0 Å². The molecule has 0 saturated carbocycles. The average molecular weight is 540 g/mol. The number of rotatable bonds is 10. The first kappa shape index (κ1) is 27.4. The van der Waals surface area contributed by atoms with Crippen LogP contribution in [0, 0.1) is 0 Å². The average Bonchev–Trinajstić information content (AvgIpc) is 3.32. The SMILES string of the molecule is C=CC(=O)Nc1cc(COc2nccc(-c3cn(C)c4ccccc34)n2)ccc1N(C)CCN1CCN(C)CC1. The van der Waals surface area contributed by atoms with E-state index in [0.717, 1.165) is 78.4 Å². The predicted octanol–water partition coefficient (Wildman–Crippen LogP) is 4.02. The first-order valence-corrected chi connectivity index (χ1v) is 13.6. The molecule has 208 valence electrons. The van der Waals surface area contributed by atoms with E-state index in [1.807, 2.05) is 43.4 Å². The number of carbonyl (C=O) groups is 1. The lowest BCUT2D eigenvalue weighted by Crippen LogP contribution is -2.46. The number of carbonyl (C=O) groups excluding carboxylic acids is 1. The van der Waals surface area contributed by atoms with Gasteiger partial charge in [0.05, 0.1) is 17.1 Å². The van der Waals surface area contributed by atoms with Crippen LogP contribution >= 0.6 is 0 Å². The first-order chi connectivity index (χ1) is 19.4. The monoisotopic (exact) mass is 539 g/mol. The van der Waals surface area contributed by atoms with Crippen molar-refractivity contribution in [1.29, 1.82) is 0 Å². The zero-order valence-electron chi connectivity index (χ0n) is 23.5. The summed E-state index contributed by atoms with van der Waals surface area (Å²) in [5.41, 5.74) is 5.54. The number of ether oxygens (including phenoxy) is 1. The number of hydrogen-bond donors (Lipinski definition) is 1. The first-order valence-electron chi connectivity index (χ1n) is 13.6. The van der Waals surface area contributed by atoms with Gasteiger partial charge in [-0.25, -0.2) is 4.98 Å². The molecule has 0 radical (unpaired) electrons. The third-order valence-electron chi connectivity index (χ3n) is 7.44. The van der Waals surface area contributed by atoms with E-state index >= 15 is 0 Å². The highest BCUT2D eigenvalue weighted by atomic mass is 16.5. The van der Waals surface area contributed by atoms with Gasteiger partial charge in [-0.1, -0.05) is 30.8 Å². The standard InChI is InChI=1S/C31H37N7O2/c1-5-30(39)33-27-20-23(10-11-29(27)36(3)16-19-38-17-14-35(2)15-18-38)22-40-31-32-13-12-26(34-31)25-21-37(4)28-9-7-6-8-24(25)28/h5-13,20-21H,1,14-19,22H2,2-4H3,(H,33,39). The number of benzene rings is 2. The van der Waals surface area contributed by atoms with Crippen molar-refractivity contribution in [2.24, 2.45) is 7.05 Å². The Hall–Kier alpha value is -4.21. The van der Waals surface area contributed by atoms with E-state index < -0.39 is 0 Å². The van der Waals surface area contributed by atoms with Gasteiger partial charge in [-0.05, 0) is 43.0 Å². The van der Waals surface area contributed by atoms with E-state index in [1.54, 1.807) is 6.20 Å². The maximum atomic E-state index is 12.2. The second-order valence-electron chi connectivity index (χ2n) is 10.3. The Morgan fingerprint density at radius 3 is 2.73 bits per heavy atom. The largest absolute Gasteiger partial charge is 0.459 e. The summed E-state index contributed by atoms with van der Waals surface area (Å²) in [5, 5.41) is 4.09. The van der Waals surface area contributed by atoms with Crippen molar-refractivity contribution in [3.8, 4) is 17.3 Å². The Bertz CT molecular complexity index is 1490. The summed E-state index contributed by atoms with van der Waals surface area (Å²) in [4.78, 5) is 28.3. The van der Waals surface area contributed by atoms with Gasteiger partial charge in [-0.15, -0.1) is 0 Å². The fourth-order valence-corrected chi connectivity index (χ4v) is 5.03. The number of aromatic nitrogens is 3. The third kappa shape index (κ3) is 6.32. The highest BCUT2D eigenvalue weighted by molar-refractivity contribution is 6.01. The number of amides is 1. The molecule has 9 heteroatoms. The minimum atomic E-state index is -0.252. The van der Waals surface area contributed by atoms with Gasteiger partial charge in [0.2, 0.25) is 5.91 Å². The number of fused-ring (bicyclic) bond motifs is 1. The van der Waals surface area contributed by atoms with Crippen molar-refractivity contribution in [2.45, 2.75) is 6.61 Å². The van der Waals surface area contributed by atoms with Crippen molar-refractivity contribution in [1.82, 2.24) is 24.3 Å². The van der Waals surface area contributed by atoms with E-state index in [0.29, 0.717) is 6.01 Å². The molecule has 3 heterocycles. The number of piperazine rings is 1. The quantitative estimate of drug-likeness (QED) is 0.305. The number of para-hydroxylation sites is 1. The summed E-state index contributed by atoms with van der Waals surface area (Å²) in [7, 11) is 6.25. The molecule has 1 saturated heterocycles. The molecule has 2 aromatic carbocycles. The van der Waals surface area contributed by atoms with Crippen molar-refractivity contribution in [3.05, 3.63) is 79.1 Å². The van der Waals surface area contributed by atoms with Gasteiger partial charge in [0, 0.05) is 82.2 Å². The number of aryl methyl sites for hydroxylation is 1. The van der Waals surface area contributed by atoms with Crippen LogP contribution in [0.5, 0.6) is 6.01 Å². The molecule has 1 N–H and O–H groups in total. The molecule has 1 aliphatic heterocycles. The summed E-state index contributed by atoms with van der Waals surface area (Å²) in [6.45, 7) is 10.0. The van der Waals surface area contributed by atoms with E-state index in [-0.39, 0.29) is 12.5 Å². The zero-order valence-corrected chi connectivity index (χ0v) is 23.5. The normalized spacial score (nSPS) is 14.3. The van der Waals surface area contributed by atoms with Gasteiger partial charge in [0.25, 0.3) is 0 Å². The van der Waals surface area contributed by atoms with E-state index in [1.165, 1.54) is 6.08 Å². The lowest BCUT2D eigenvalue weighted by Gasteiger charge is -2.34. The van der Waals surface area contributed by atoms with Crippen LogP contribution < -0.4 is 15.0 Å². The van der Waals surface area contributed by atoms with Crippen LogP contribution in [0.25, 0.3) is 22.2 Å². The molecule has 9 nitrogen and oxygen atoms in total. The molecule has 1 aliphatic rings. The number of nitrogens with one attached hydrogen (secondary N) is 1. The second-order valence-corrected chi connectivity index (χ2v) is 10.3. The van der Waals surface area contributed by atoms with Crippen LogP contribution in [-0.4, -0.2) is 83.6 Å². The molecule has 2 aromatic heterocycles. The Morgan fingerprint density at radius 1 is 1.12 bits per heavy atom. The smallest absolute Gasteiger partial charge is 0.317 e. The van der Waals surface area contributed by atoms with E-state index in [9.17, 15) is 4.79 Å². The summed E-state index contributed by atoms with van der Waals surface area (Å²) in [6.07, 6.45) is 5.07. The molecule has 0 spiro atoms. The molecule has 1 amide bonds. The lowest BCUT2D eigenvalue weighted by atomic mass is 10.1. The molecule has 0 atom stereocenters. The van der Waals surface area contributed by atoms with Crippen LogP contribution in [0.4, 0.5) is 11.4 Å². The van der Waals surface area contributed by atoms with Crippen molar-refractivity contribution in [3.63, 3.8) is 0 Å². The summed E-state index contributed by atoms with van der Waals surface area (Å²) < 4.78 is 8.10. The Morgan fingerprint density at radius 2 is 1.93 bits per heavy atom. The summed E-state index contributed by atoms with van der Waals surface area (Å²) in [5.74, 6) is -0.252. The number of hydrogen-bond acceptors (Lipinski definition) is 7. The Kier molecular flexibility index (Phi) is 8.42. The molecular weight excluding hydrogens is 502 g/mol. The second kappa shape index (κ2) is 12.3. The van der Waals surface area contributed by atoms with E-state index in [2.05, 4.69) is 73.6 Å². The van der Waals surface area contributed by atoms with Gasteiger partial charge in [-0.2, -0.15) is 4.98 Å². The van der Waals surface area contributed by atoms with Crippen molar-refractivity contribution in [2.75, 3.05) is 63.6 Å². The van der Waals surface area contributed by atoms with Crippen molar-refractivity contribution >= 4 is 28.2 Å². The maximum absolute atomic E-state index is 12.2. The molecule has 1 fully saturated rings.